The van der Waals surface area contributed by atoms with Crippen LogP contribution in [-0.4, -0.2) is 28.7 Å². The third kappa shape index (κ3) is 4.54. The van der Waals surface area contributed by atoms with E-state index in [4.69, 9.17) is 33.0 Å². The third-order valence-corrected chi connectivity index (χ3v) is 4.47. The molecule has 0 radical (unpaired) electrons. The number of ether oxygens (including phenoxy) is 1. The minimum absolute atomic E-state index is 0.0131. The maximum atomic E-state index is 12.2. The lowest BCUT2D eigenvalue weighted by molar-refractivity contribution is -0.118. The van der Waals surface area contributed by atoms with Crippen molar-refractivity contribution in [2.75, 3.05) is 11.9 Å². The van der Waals surface area contributed by atoms with Crippen molar-refractivity contribution in [3.8, 4) is 5.75 Å². The molecule has 0 bridgehead atoms. The number of halogens is 2. The Morgan fingerprint density at radius 3 is 2.39 bits per heavy atom. The Kier molecular flexibility index (Phi) is 6.04. The van der Waals surface area contributed by atoms with E-state index in [1.54, 1.807) is 30.3 Å². The highest BCUT2D eigenvalue weighted by Crippen LogP contribution is 2.36. The highest BCUT2D eigenvalue weighted by molar-refractivity contribution is 6.39. The van der Waals surface area contributed by atoms with Gasteiger partial charge in [-0.2, -0.15) is 0 Å². The quantitative estimate of drug-likeness (QED) is 0.551. The smallest absolute Gasteiger partial charge is 0.335 e. The van der Waals surface area contributed by atoms with Gasteiger partial charge >= 0.3 is 5.97 Å². The molecule has 0 unspecified atom stereocenters. The minimum atomic E-state index is -1.14. The number of hydrogen-bond donors (Lipinski definition) is 3. The van der Waals surface area contributed by atoms with E-state index in [-0.39, 0.29) is 29.5 Å². The molecule has 8 heteroatoms. The van der Waals surface area contributed by atoms with Gasteiger partial charge in [-0.05, 0) is 47.3 Å². The molecule has 0 aliphatic carbocycles. The molecule has 0 atom stereocenters. The molecule has 0 heterocycles. The maximum Gasteiger partial charge on any atom is 0.335 e. The van der Waals surface area contributed by atoms with Crippen molar-refractivity contribution >= 4 is 51.5 Å². The number of aliphatic hydroxyl groups excluding tert-OH is 1. The van der Waals surface area contributed by atoms with E-state index in [1.165, 1.54) is 18.2 Å². The van der Waals surface area contributed by atoms with Gasteiger partial charge in [0.05, 0.1) is 17.2 Å². The van der Waals surface area contributed by atoms with Crippen LogP contribution < -0.4 is 10.1 Å². The number of hydrogen-bond acceptors (Lipinski definition) is 4. The van der Waals surface area contributed by atoms with Gasteiger partial charge in [-0.25, -0.2) is 4.79 Å². The Labute approximate surface area is 170 Å². The van der Waals surface area contributed by atoms with Gasteiger partial charge in [0, 0.05) is 16.1 Å². The molecule has 0 saturated carbocycles. The second-order valence-electron chi connectivity index (χ2n) is 5.96. The number of carbonyl (C=O) groups is 2. The number of anilines is 1. The molecule has 0 fully saturated rings. The van der Waals surface area contributed by atoms with E-state index in [2.05, 4.69) is 5.32 Å². The summed E-state index contributed by atoms with van der Waals surface area (Å²) in [6.45, 7) is -0.437. The SMILES string of the molecule is O=C(COc1cc(C(=O)O)cc2cc(Cl)cc(Cl)c12)Nc1ccc(CO)cc1. The zero-order chi connectivity index (χ0) is 20.3. The number of aliphatic hydroxyl groups is 1. The molecule has 3 aromatic carbocycles. The van der Waals surface area contributed by atoms with Crippen molar-refractivity contribution in [2.24, 2.45) is 0 Å². The van der Waals surface area contributed by atoms with Gasteiger partial charge in [0.1, 0.15) is 5.75 Å². The molecular formula is C20H15Cl2NO5. The maximum absolute atomic E-state index is 12.2. The van der Waals surface area contributed by atoms with Crippen LogP contribution in [0.4, 0.5) is 5.69 Å². The van der Waals surface area contributed by atoms with Crippen molar-refractivity contribution in [2.45, 2.75) is 6.61 Å². The number of fused-ring (bicyclic) bond motifs is 1. The highest BCUT2D eigenvalue weighted by atomic mass is 35.5. The first-order chi connectivity index (χ1) is 13.4. The van der Waals surface area contributed by atoms with Crippen LogP contribution >= 0.6 is 23.2 Å². The molecule has 28 heavy (non-hydrogen) atoms. The largest absolute Gasteiger partial charge is 0.483 e. The number of carboxylic acids is 1. The van der Waals surface area contributed by atoms with Gasteiger partial charge in [-0.1, -0.05) is 35.3 Å². The number of aromatic carboxylic acids is 1. The molecule has 3 aromatic rings. The molecule has 144 valence electrons. The number of benzene rings is 3. The third-order valence-electron chi connectivity index (χ3n) is 3.96. The molecule has 1 amide bonds. The summed E-state index contributed by atoms with van der Waals surface area (Å²) in [6.07, 6.45) is 0. The van der Waals surface area contributed by atoms with Gasteiger partial charge in [0.25, 0.3) is 5.91 Å². The Bertz CT molecular complexity index is 1050. The summed E-state index contributed by atoms with van der Waals surface area (Å²) < 4.78 is 5.57. The number of nitrogens with one attached hydrogen (secondary N) is 1. The summed E-state index contributed by atoms with van der Waals surface area (Å²) >= 11 is 12.2. The Balaban J connectivity index is 1.82. The van der Waals surface area contributed by atoms with E-state index in [1.807, 2.05) is 0 Å². The Morgan fingerprint density at radius 2 is 1.75 bits per heavy atom. The van der Waals surface area contributed by atoms with Gasteiger partial charge < -0.3 is 20.3 Å². The van der Waals surface area contributed by atoms with Crippen LogP contribution in [0, 0.1) is 0 Å². The predicted molar refractivity (Wildman–Crippen MR) is 107 cm³/mol. The first kappa shape index (κ1) is 19.9. The molecule has 0 aromatic heterocycles. The second-order valence-corrected chi connectivity index (χ2v) is 6.80. The van der Waals surface area contributed by atoms with E-state index in [0.717, 1.165) is 5.56 Å². The molecule has 6 nitrogen and oxygen atoms in total. The van der Waals surface area contributed by atoms with Gasteiger partial charge in [-0.3, -0.25) is 4.79 Å². The Hall–Kier alpha value is -2.80. The van der Waals surface area contributed by atoms with Crippen LogP contribution in [-0.2, 0) is 11.4 Å². The number of rotatable bonds is 6. The van der Waals surface area contributed by atoms with Crippen molar-refractivity contribution in [1.82, 2.24) is 0 Å². The summed E-state index contributed by atoms with van der Waals surface area (Å²) in [5.41, 5.74) is 1.25. The van der Waals surface area contributed by atoms with Gasteiger partial charge in [-0.15, -0.1) is 0 Å². The van der Waals surface area contributed by atoms with E-state index >= 15 is 0 Å². The van der Waals surface area contributed by atoms with Crippen molar-refractivity contribution in [3.63, 3.8) is 0 Å². The predicted octanol–water partition coefficient (Wildman–Crippen LogP) is 4.35. The number of carboxylic acid groups (broad SMARTS) is 1. The normalized spacial score (nSPS) is 10.7. The van der Waals surface area contributed by atoms with Gasteiger partial charge in [0.2, 0.25) is 0 Å². The standard InChI is InChI=1S/C20H15Cl2NO5/c21-14-6-12-5-13(20(26)27)7-17(19(12)16(22)8-14)28-10-18(25)23-15-3-1-11(9-24)2-4-15/h1-8,24H,9-10H2,(H,23,25)(H,26,27). The van der Waals surface area contributed by atoms with E-state index < -0.39 is 11.9 Å². The average molecular weight is 420 g/mol. The zero-order valence-electron chi connectivity index (χ0n) is 14.4. The van der Waals surface area contributed by atoms with Crippen molar-refractivity contribution in [1.29, 1.82) is 0 Å². The Morgan fingerprint density at radius 1 is 1.04 bits per heavy atom. The van der Waals surface area contributed by atoms with Crippen LogP contribution in [0.2, 0.25) is 10.0 Å². The number of amides is 1. The van der Waals surface area contributed by atoms with Crippen LogP contribution in [0.1, 0.15) is 15.9 Å². The summed E-state index contributed by atoms with van der Waals surface area (Å²) in [5, 5.41) is 22.6. The lowest BCUT2D eigenvalue weighted by Crippen LogP contribution is -2.20. The lowest BCUT2D eigenvalue weighted by atomic mass is 10.1. The lowest BCUT2D eigenvalue weighted by Gasteiger charge is -2.13. The monoisotopic (exact) mass is 419 g/mol. The molecule has 3 N–H and O–H groups in total. The van der Waals surface area contributed by atoms with Crippen molar-refractivity contribution in [3.05, 3.63) is 69.7 Å². The van der Waals surface area contributed by atoms with E-state index in [0.29, 0.717) is 21.5 Å². The molecule has 0 aliphatic rings. The highest BCUT2D eigenvalue weighted by Gasteiger charge is 2.15. The van der Waals surface area contributed by atoms with Crippen LogP contribution in [0.25, 0.3) is 10.8 Å². The van der Waals surface area contributed by atoms with Crippen LogP contribution in [0.5, 0.6) is 5.75 Å². The molecule has 3 rings (SSSR count). The molecular weight excluding hydrogens is 405 g/mol. The molecule has 0 saturated heterocycles. The number of carbonyl (C=O) groups excluding carboxylic acids is 1. The van der Waals surface area contributed by atoms with Crippen LogP contribution in [0.3, 0.4) is 0 Å². The van der Waals surface area contributed by atoms with Crippen molar-refractivity contribution < 1.29 is 24.5 Å². The second kappa shape index (κ2) is 8.48. The summed E-state index contributed by atoms with van der Waals surface area (Å²) in [7, 11) is 0. The molecule has 0 spiro atoms. The first-order valence-corrected chi connectivity index (χ1v) is 8.91. The fourth-order valence-corrected chi connectivity index (χ4v) is 3.26. The fraction of sp³-hybridized carbons (Fsp3) is 0.100. The topological polar surface area (TPSA) is 95.9 Å². The average Bonchev–Trinajstić information content (AvgIpc) is 2.66. The summed E-state index contributed by atoms with van der Waals surface area (Å²) in [4.78, 5) is 23.6. The fourth-order valence-electron chi connectivity index (χ4n) is 2.66. The first-order valence-electron chi connectivity index (χ1n) is 8.16. The van der Waals surface area contributed by atoms with Crippen LogP contribution in [0.15, 0.2) is 48.5 Å². The van der Waals surface area contributed by atoms with Gasteiger partial charge in [0.15, 0.2) is 6.61 Å². The summed E-state index contributed by atoms with van der Waals surface area (Å²) in [6, 6.07) is 12.5. The zero-order valence-corrected chi connectivity index (χ0v) is 15.9. The summed E-state index contributed by atoms with van der Waals surface area (Å²) in [5.74, 6) is -1.41. The van der Waals surface area contributed by atoms with E-state index in [9.17, 15) is 14.7 Å². The molecule has 0 aliphatic heterocycles. The minimum Gasteiger partial charge on any atom is -0.483 e.